The molecule has 3 heterocycles. The van der Waals surface area contributed by atoms with Crippen LogP contribution in [0.25, 0.3) is 0 Å². The summed E-state index contributed by atoms with van der Waals surface area (Å²) in [5.41, 5.74) is 4.01. The maximum absolute atomic E-state index is 5.99. The van der Waals surface area contributed by atoms with Gasteiger partial charge in [0.25, 0.3) is 0 Å². The van der Waals surface area contributed by atoms with Crippen molar-refractivity contribution in [3.05, 3.63) is 30.1 Å². The summed E-state index contributed by atoms with van der Waals surface area (Å²) in [5.74, 6) is 6.30. The van der Waals surface area contributed by atoms with E-state index in [0.717, 1.165) is 51.2 Å². The third-order valence-electron chi connectivity index (χ3n) is 4.54. The van der Waals surface area contributed by atoms with Crippen LogP contribution in [0.3, 0.4) is 0 Å². The molecule has 5 heteroatoms. The Kier molecular flexibility index (Phi) is 4.31. The topological polar surface area (TPSA) is 69.4 Å². The number of aromatic nitrogens is 1. The van der Waals surface area contributed by atoms with E-state index in [9.17, 15) is 0 Å². The molecule has 0 radical (unpaired) electrons. The van der Waals surface area contributed by atoms with Gasteiger partial charge in [-0.2, -0.15) is 0 Å². The second-order valence-corrected chi connectivity index (χ2v) is 5.89. The zero-order valence-corrected chi connectivity index (χ0v) is 11.8. The van der Waals surface area contributed by atoms with Gasteiger partial charge in [0.2, 0.25) is 0 Å². The molecule has 1 aromatic rings. The fraction of sp³-hybridized carbons (Fsp3) is 0.667. The minimum atomic E-state index is -0.0673. The molecule has 3 atom stereocenters. The number of nitrogens with one attached hydrogen (secondary N) is 1. The number of hydrogen-bond donors (Lipinski definition) is 2. The van der Waals surface area contributed by atoms with Crippen LogP contribution in [0.4, 0.5) is 0 Å². The van der Waals surface area contributed by atoms with E-state index in [0.29, 0.717) is 5.92 Å². The maximum atomic E-state index is 5.99. The standard InChI is InChI=1S/C15H23N3O2/c16-18-14(9-13-3-1-2-6-17-13)12-4-7-20-15(10-12)5-8-19-11-15/h1-3,6,12,14,18H,4-5,7-11,16H2. The summed E-state index contributed by atoms with van der Waals surface area (Å²) in [7, 11) is 0. The van der Waals surface area contributed by atoms with E-state index in [1.165, 1.54) is 0 Å². The van der Waals surface area contributed by atoms with Crippen LogP contribution in [-0.2, 0) is 15.9 Å². The smallest absolute Gasteiger partial charge is 0.0939 e. The molecule has 3 N–H and O–H groups in total. The number of rotatable bonds is 4. The molecule has 2 aliphatic heterocycles. The van der Waals surface area contributed by atoms with Crippen LogP contribution >= 0.6 is 0 Å². The summed E-state index contributed by atoms with van der Waals surface area (Å²) in [6.07, 6.45) is 5.76. The van der Waals surface area contributed by atoms with Crippen molar-refractivity contribution in [2.75, 3.05) is 19.8 Å². The Hall–Kier alpha value is -1.01. The average Bonchev–Trinajstić information content (AvgIpc) is 2.93. The Morgan fingerprint density at radius 3 is 3.10 bits per heavy atom. The summed E-state index contributed by atoms with van der Waals surface area (Å²) in [6, 6.07) is 6.25. The second kappa shape index (κ2) is 6.18. The van der Waals surface area contributed by atoms with E-state index in [-0.39, 0.29) is 11.6 Å². The van der Waals surface area contributed by atoms with Crippen LogP contribution in [0.15, 0.2) is 24.4 Å². The van der Waals surface area contributed by atoms with E-state index >= 15 is 0 Å². The molecule has 2 fully saturated rings. The molecule has 0 saturated carbocycles. The predicted octanol–water partition coefficient (Wildman–Crippen LogP) is 1.04. The first-order valence-electron chi connectivity index (χ1n) is 7.39. The number of hydrogen-bond acceptors (Lipinski definition) is 5. The van der Waals surface area contributed by atoms with Crippen molar-refractivity contribution in [2.24, 2.45) is 11.8 Å². The summed E-state index contributed by atoms with van der Waals surface area (Å²) in [5, 5.41) is 0. The van der Waals surface area contributed by atoms with Gasteiger partial charge in [-0.1, -0.05) is 6.07 Å². The Balaban J connectivity index is 1.66. The van der Waals surface area contributed by atoms with Crippen LogP contribution in [-0.4, -0.2) is 36.4 Å². The summed E-state index contributed by atoms with van der Waals surface area (Å²) >= 11 is 0. The molecule has 1 spiro atoms. The van der Waals surface area contributed by atoms with Crippen LogP contribution < -0.4 is 11.3 Å². The Morgan fingerprint density at radius 1 is 1.45 bits per heavy atom. The highest BCUT2D eigenvalue weighted by Crippen LogP contribution is 2.37. The lowest BCUT2D eigenvalue weighted by Gasteiger charge is -2.40. The monoisotopic (exact) mass is 277 g/mol. The third kappa shape index (κ3) is 3.01. The molecule has 3 rings (SSSR count). The van der Waals surface area contributed by atoms with E-state index < -0.39 is 0 Å². The largest absolute Gasteiger partial charge is 0.378 e. The van der Waals surface area contributed by atoms with Gasteiger partial charge in [-0.3, -0.25) is 16.3 Å². The highest BCUT2D eigenvalue weighted by atomic mass is 16.6. The minimum absolute atomic E-state index is 0.0673. The van der Waals surface area contributed by atoms with Gasteiger partial charge < -0.3 is 9.47 Å². The first kappa shape index (κ1) is 13.9. The molecule has 2 aliphatic rings. The SMILES string of the molecule is NNC(Cc1ccccn1)C1CCOC2(CCOC2)C1. The van der Waals surface area contributed by atoms with Crippen LogP contribution in [0.1, 0.15) is 25.0 Å². The van der Waals surface area contributed by atoms with Crippen molar-refractivity contribution >= 4 is 0 Å². The van der Waals surface area contributed by atoms with Crippen molar-refractivity contribution in [1.82, 2.24) is 10.4 Å². The third-order valence-corrected chi connectivity index (χ3v) is 4.54. The molecule has 5 nitrogen and oxygen atoms in total. The lowest BCUT2D eigenvalue weighted by molar-refractivity contribution is -0.103. The molecule has 2 saturated heterocycles. The van der Waals surface area contributed by atoms with Gasteiger partial charge in [0, 0.05) is 44.0 Å². The van der Waals surface area contributed by atoms with Crippen molar-refractivity contribution in [3.63, 3.8) is 0 Å². The molecular weight excluding hydrogens is 254 g/mol. The highest BCUT2D eigenvalue weighted by molar-refractivity contribution is 5.06. The van der Waals surface area contributed by atoms with Crippen molar-refractivity contribution in [2.45, 2.75) is 37.3 Å². The van der Waals surface area contributed by atoms with E-state index in [1.807, 2.05) is 18.3 Å². The fourth-order valence-corrected chi connectivity index (χ4v) is 3.38. The molecule has 3 unspecified atom stereocenters. The number of ether oxygens (including phenoxy) is 2. The summed E-state index contributed by atoms with van der Waals surface area (Å²) in [4.78, 5) is 4.40. The zero-order valence-electron chi connectivity index (χ0n) is 11.8. The zero-order chi connectivity index (χ0) is 13.8. The Bertz CT molecular complexity index is 420. The van der Waals surface area contributed by atoms with Crippen molar-refractivity contribution in [3.8, 4) is 0 Å². The van der Waals surface area contributed by atoms with Gasteiger partial charge in [0.15, 0.2) is 0 Å². The highest BCUT2D eigenvalue weighted by Gasteiger charge is 2.42. The Morgan fingerprint density at radius 2 is 2.40 bits per heavy atom. The predicted molar refractivity (Wildman–Crippen MR) is 75.9 cm³/mol. The fourth-order valence-electron chi connectivity index (χ4n) is 3.38. The molecule has 20 heavy (non-hydrogen) atoms. The quantitative estimate of drug-likeness (QED) is 0.636. The number of pyridine rings is 1. The van der Waals surface area contributed by atoms with E-state index in [4.69, 9.17) is 15.3 Å². The normalized spacial score (nSPS) is 31.6. The molecule has 110 valence electrons. The maximum Gasteiger partial charge on any atom is 0.0939 e. The number of nitrogens with two attached hydrogens (primary N) is 1. The van der Waals surface area contributed by atoms with Gasteiger partial charge in [-0.25, -0.2) is 0 Å². The van der Waals surface area contributed by atoms with E-state index in [2.05, 4.69) is 16.5 Å². The van der Waals surface area contributed by atoms with Gasteiger partial charge in [0.05, 0.1) is 12.2 Å². The van der Waals surface area contributed by atoms with Crippen LogP contribution in [0, 0.1) is 5.92 Å². The van der Waals surface area contributed by atoms with Gasteiger partial charge in [-0.15, -0.1) is 0 Å². The average molecular weight is 277 g/mol. The van der Waals surface area contributed by atoms with Gasteiger partial charge in [-0.05, 0) is 30.9 Å². The molecular formula is C15H23N3O2. The summed E-state index contributed by atoms with van der Waals surface area (Å²) in [6.45, 7) is 2.34. The lowest BCUT2D eigenvalue weighted by Crippen LogP contribution is -2.50. The van der Waals surface area contributed by atoms with Crippen molar-refractivity contribution in [1.29, 1.82) is 0 Å². The molecule has 0 bridgehead atoms. The Labute approximate surface area is 119 Å². The first-order valence-corrected chi connectivity index (χ1v) is 7.39. The minimum Gasteiger partial charge on any atom is -0.378 e. The first-order chi connectivity index (χ1) is 9.81. The molecule has 0 amide bonds. The van der Waals surface area contributed by atoms with Gasteiger partial charge in [0.1, 0.15) is 0 Å². The molecule has 0 aromatic carbocycles. The lowest BCUT2D eigenvalue weighted by atomic mass is 9.80. The summed E-state index contributed by atoms with van der Waals surface area (Å²) < 4.78 is 11.5. The van der Waals surface area contributed by atoms with Gasteiger partial charge >= 0.3 is 0 Å². The van der Waals surface area contributed by atoms with Crippen LogP contribution in [0.2, 0.25) is 0 Å². The number of hydrazine groups is 1. The molecule has 1 aromatic heterocycles. The number of nitrogens with zero attached hydrogens (tertiary/aromatic N) is 1. The van der Waals surface area contributed by atoms with Crippen molar-refractivity contribution < 1.29 is 9.47 Å². The molecule has 0 aliphatic carbocycles. The van der Waals surface area contributed by atoms with Crippen LogP contribution in [0.5, 0.6) is 0 Å². The second-order valence-electron chi connectivity index (χ2n) is 5.89. The van der Waals surface area contributed by atoms with E-state index in [1.54, 1.807) is 0 Å².